The average molecular weight is 422 g/mol. The van der Waals surface area contributed by atoms with Crippen molar-refractivity contribution in [1.29, 1.82) is 0 Å². The number of aromatic nitrogens is 2. The molecule has 0 aliphatic heterocycles. The Kier molecular flexibility index (Phi) is 6.68. The molecule has 0 fully saturated rings. The highest BCUT2D eigenvalue weighted by molar-refractivity contribution is 5.81. The number of benzene rings is 2. The van der Waals surface area contributed by atoms with Gasteiger partial charge >= 0.3 is 0 Å². The second kappa shape index (κ2) is 9.25. The van der Waals surface area contributed by atoms with E-state index < -0.39 is 12.1 Å². The van der Waals surface area contributed by atoms with E-state index >= 15 is 0 Å². The fraction of sp³-hybridized carbons (Fsp3) is 0.360. The molecule has 0 spiro atoms. The molecule has 0 radical (unpaired) electrons. The number of amides is 1. The molecule has 0 aliphatic rings. The Balaban J connectivity index is 1.75. The summed E-state index contributed by atoms with van der Waals surface area (Å²) in [6.07, 6.45) is 2.91. The van der Waals surface area contributed by atoms with E-state index in [0.29, 0.717) is 5.75 Å². The molecule has 164 valence electrons. The molecule has 1 aromatic heterocycles. The zero-order valence-electron chi connectivity index (χ0n) is 19.0. The second-order valence-electron chi connectivity index (χ2n) is 8.65. The number of aryl methyl sites for hydroxylation is 1. The van der Waals surface area contributed by atoms with Gasteiger partial charge in [-0.15, -0.1) is 0 Å². The van der Waals surface area contributed by atoms with Crippen LogP contribution < -0.4 is 14.8 Å². The zero-order chi connectivity index (χ0) is 22.6. The third-order valence-corrected chi connectivity index (χ3v) is 5.25. The van der Waals surface area contributed by atoms with Crippen molar-refractivity contribution in [1.82, 2.24) is 14.9 Å². The minimum absolute atomic E-state index is 0.0647. The molecule has 3 aromatic rings. The first kappa shape index (κ1) is 22.4. The fourth-order valence-electron chi connectivity index (χ4n) is 3.30. The molecule has 6 heteroatoms. The molecule has 0 aliphatic carbocycles. The Hall–Kier alpha value is -3.28. The minimum atomic E-state index is -0.665. The molecule has 0 saturated carbocycles. The number of carbonyl (C=O) groups excluding carboxylic acids is 1. The highest BCUT2D eigenvalue weighted by Gasteiger charge is 2.24. The predicted molar refractivity (Wildman–Crippen MR) is 121 cm³/mol. The Morgan fingerprint density at radius 1 is 1.03 bits per heavy atom. The monoisotopic (exact) mass is 421 g/mol. The van der Waals surface area contributed by atoms with Gasteiger partial charge in [0.15, 0.2) is 6.10 Å². The highest BCUT2D eigenvalue weighted by atomic mass is 16.5. The van der Waals surface area contributed by atoms with Crippen molar-refractivity contribution in [2.45, 2.75) is 45.3 Å². The van der Waals surface area contributed by atoms with Crippen LogP contribution in [0.5, 0.6) is 11.5 Å². The molecular weight excluding hydrogens is 390 g/mol. The largest absolute Gasteiger partial charge is 0.497 e. The van der Waals surface area contributed by atoms with Crippen molar-refractivity contribution < 1.29 is 14.3 Å². The molecule has 31 heavy (non-hydrogen) atoms. The molecule has 2 atom stereocenters. The first-order valence-corrected chi connectivity index (χ1v) is 10.4. The summed E-state index contributed by atoms with van der Waals surface area (Å²) < 4.78 is 13.1. The lowest BCUT2D eigenvalue weighted by Crippen LogP contribution is -2.39. The number of ether oxygens (including phenoxy) is 2. The summed E-state index contributed by atoms with van der Waals surface area (Å²) in [6, 6.07) is 15.1. The minimum Gasteiger partial charge on any atom is -0.497 e. The number of nitrogens with one attached hydrogen (secondary N) is 1. The lowest BCUT2D eigenvalue weighted by Gasteiger charge is -2.23. The van der Waals surface area contributed by atoms with Crippen LogP contribution in [-0.2, 0) is 17.3 Å². The van der Waals surface area contributed by atoms with Gasteiger partial charge in [0.05, 0.1) is 7.11 Å². The maximum atomic E-state index is 13.0. The standard InChI is InChI=1S/C25H31N3O3/c1-17(31-21-13-9-19(10-14-21)25(2,3)4)24(29)27-22(23-26-15-16-28(23)5)18-7-11-20(30-6)12-8-18/h7-17,22H,1-6H3,(H,27,29). The molecule has 6 nitrogen and oxygen atoms in total. The van der Waals surface area contributed by atoms with Crippen molar-refractivity contribution in [2.75, 3.05) is 7.11 Å². The number of rotatable bonds is 7. The summed E-state index contributed by atoms with van der Waals surface area (Å²) in [5, 5.41) is 3.08. The van der Waals surface area contributed by atoms with Crippen molar-refractivity contribution in [3.8, 4) is 11.5 Å². The van der Waals surface area contributed by atoms with E-state index in [-0.39, 0.29) is 11.3 Å². The summed E-state index contributed by atoms with van der Waals surface area (Å²) in [6.45, 7) is 8.23. The molecule has 0 saturated heterocycles. The van der Waals surface area contributed by atoms with Crippen LogP contribution in [0.15, 0.2) is 60.9 Å². The summed E-state index contributed by atoms with van der Waals surface area (Å²) in [5.74, 6) is 1.93. The zero-order valence-corrected chi connectivity index (χ0v) is 19.0. The van der Waals surface area contributed by atoms with Crippen molar-refractivity contribution in [2.24, 2.45) is 7.05 Å². The van der Waals surface area contributed by atoms with Gasteiger partial charge in [0.2, 0.25) is 0 Å². The molecule has 2 aromatic carbocycles. The van der Waals surface area contributed by atoms with E-state index in [9.17, 15) is 4.79 Å². The van der Waals surface area contributed by atoms with Gasteiger partial charge in [-0.05, 0) is 47.7 Å². The van der Waals surface area contributed by atoms with Gasteiger partial charge in [0.1, 0.15) is 23.4 Å². The van der Waals surface area contributed by atoms with Crippen LogP contribution in [-0.4, -0.2) is 28.7 Å². The Labute approximate surface area is 184 Å². The first-order valence-electron chi connectivity index (χ1n) is 10.4. The van der Waals surface area contributed by atoms with Gasteiger partial charge in [0.25, 0.3) is 5.91 Å². The Morgan fingerprint density at radius 2 is 1.65 bits per heavy atom. The van der Waals surface area contributed by atoms with Crippen LogP contribution in [0.2, 0.25) is 0 Å². The molecule has 1 amide bonds. The topological polar surface area (TPSA) is 65.4 Å². The summed E-state index contributed by atoms with van der Waals surface area (Å²) >= 11 is 0. The SMILES string of the molecule is COc1ccc(C(NC(=O)C(C)Oc2ccc(C(C)(C)C)cc2)c2nccn2C)cc1. The van der Waals surface area contributed by atoms with Crippen LogP contribution in [0.25, 0.3) is 0 Å². The normalized spacial score (nSPS) is 13.4. The van der Waals surface area contributed by atoms with E-state index in [2.05, 4.69) is 31.1 Å². The molecule has 2 unspecified atom stereocenters. The summed E-state index contributed by atoms with van der Waals surface area (Å²) in [4.78, 5) is 17.4. The van der Waals surface area contributed by atoms with E-state index in [1.807, 2.05) is 66.3 Å². The van der Waals surface area contributed by atoms with Crippen LogP contribution in [0.3, 0.4) is 0 Å². The predicted octanol–water partition coefficient (Wildman–Crippen LogP) is 4.40. The average Bonchev–Trinajstić information content (AvgIpc) is 3.17. The molecule has 1 N–H and O–H groups in total. The van der Waals surface area contributed by atoms with Crippen LogP contribution >= 0.6 is 0 Å². The van der Waals surface area contributed by atoms with E-state index in [1.54, 1.807) is 20.2 Å². The van der Waals surface area contributed by atoms with E-state index in [1.165, 1.54) is 5.56 Å². The van der Waals surface area contributed by atoms with Gasteiger partial charge < -0.3 is 19.4 Å². The molecule has 0 bridgehead atoms. The molecular formula is C25H31N3O3. The summed E-state index contributed by atoms with van der Waals surface area (Å²) in [7, 11) is 3.53. The van der Waals surface area contributed by atoms with Gasteiger partial charge in [-0.2, -0.15) is 0 Å². The highest BCUT2D eigenvalue weighted by Crippen LogP contribution is 2.26. The third-order valence-electron chi connectivity index (χ3n) is 5.25. The van der Waals surface area contributed by atoms with Gasteiger partial charge in [-0.1, -0.05) is 45.0 Å². The smallest absolute Gasteiger partial charge is 0.261 e. The number of nitrogens with zero attached hydrogens (tertiary/aromatic N) is 2. The van der Waals surface area contributed by atoms with Gasteiger partial charge in [-0.3, -0.25) is 4.79 Å². The van der Waals surface area contributed by atoms with Crippen LogP contribution in [0.1, 0.15) is 50.7 Å². The number of imidazole rings is 1. The summed E-state index contributed by atoms with van der Waals surface area (Å²) in [5.41, 5.74) is 2.19. The fourth-order valence-corrected chi connectivity index (χ4v) is 3.30. The Bertz CT molecular complexity index is 1000. The third kappa shape index (κ3) is 5.45. The quantitative estimate of drug-likeness (QED) is 0.614. The molecule has 3 rings (SSSR count). The van der Waals surface area contributed by atoms with Gasteiger partial charge in [0, 0.05) is 19.4 Å². The van der Waals surface area contributed by atoms with Crippen LogP contribution in [0.4, 0.5) is 0 Å². The first-order chi connectivity index (χ1) is 14.7. The number of methoxy groups -OCH3 is 1. The lowest BCUT2D eigenvalue weighted by molar-refractivity contribution is -0.127. The maximum absolute atomic E-state index is 13.0. The second-order valence-corrected chi connectivity index (χ2v) is 8.65. The lowest BCUT2D eigenvalue weighted by atomic mass is 9.87. The molecule has 1 heterocycles. The van der Waals surface area contributed by atoms with Crippen molar-refractivity contribution in [3.05, 3.63) is 77.9 Å². The maximum Gasteiger partial charge on any atom is 0.261 e. The van der Waals surface area contributed by atoms with Crippen molar-refractivity contribution >= 4 is 5.91 Å². The van der Waals surface area contributed by atoms with E-state index in [0.717, 1.165) is 17.1 Å². The Morgan fingerprint density at radius 3 is 2.16 bits per heavy atom. The van der Waals surface area contributed by atoms with Gasteiger partial charge in [-0.25, -0.2) is 4.98 Å². The van der Waals surface area contributed by atoms with Crippen LogP contribution in [0, 0.1) is 0 Å². The number of hydrogen-bond acceptors (Lipinski definition) is 4. The van der Waals surface area contributed by atoms with E-state index in [4.69, 9.17) is 9.47 Å². The van der Waals surface area contributed by atoms with Crippen molar-refractivity contribution in [3.63, 3.8) is 0 Å². The number of hydrogen-bond donors (Lipinski definition) is 1. The number of carbonyl (C=O) groups is 1.